The van der Waals surface area contributed by atoms with E-state index in [1.54, 1.807) is 10.9 Å². The van der Waals surface area contributed by atoms with Gasteiger partial charge in [0.2, 0.25) is 5.96 Å². The number of aromatic nitrogens is 2. The Kier molecular flexibility index (Phi) is 8.77. The third-order valence-corrected chi connectivity index (χ3v) is 6.01. The molecule has 0 spiro atoms. The number of anilines is 1. The molecule has 8 heteroatoms. The number of hydrogen-bond donors (Lipinski definition) is 1. The Morgan fingerprint density at radius 2 is 2.03 bits per heavy atom. The van der Waals surface area contributed by atoms with Gasteiger partial charge in [-0.1, -0.05) is 32.1 Å². The van der Waals surface area contributed by atoms with Crippen LogP contribution in [0.5, 0.6) is 0 Å². The molecule has 0 saturated carbocycles. The summed E-state index contributed by atoms with van der Waals surface area (Å²) in [6.07, 6.45) is 16.4. The smallest absolute Gasteiger partial charge is 0.222 e. The minimum absolute atomic E-state index is 0.290. The number of guanidine groups is 1. The topological polar surface area (TPSA) is 73.4 Å². The summed E-state index contributed by atoms with van der Waals surface area (Å²) in [5.41, 5.74) is 3.20. The van der Waals surface area contributed by atoms with Gasteiger partial charge in [0, 0.05) is 39.1 Å². The highest BCUT2D eigenvalue weighted by atomic mass is 15.3. The minimum atomic E-state index is 0.290. The first kappa shape index (κ1) is 24.6. The fourth-order valence-electron chi connectivity index (χ4n) is 3.92. The van der Waals surface area contributed by atoms with Gasteiger partial charge in [0.1, 0.15) is 5.84 Å². The number of nitrogens with one attached hydrogen (secondary N) is 1. The first-order valence-electron chi connectivity index (χ1n) is 11.8. The van der Waals surface area contributed by atoms with Gasteiger partial charge in [-0.25, -0.2) is 15.0 Å². The Balaban J connectivity index is 1.62. The van der Waals surface area contributed by atoms with Crippen LogP contribution in [-0.4, -0.2) is 77.4 Å². The predicted octanol–water partition coefficient (Wildman–Crippen LogP) is 3.74. The zero-order valence-corrected chi connectivity index (χ0v) is 20.9. The van der Waals surface area contributed by atoms with Gasteiger partial charge in [-0.05, 0) is 50.9 Å². The van der Waals surface area contributed by atoms with Gasteiger partial charge >= 0.3 is 0 Å². The van der Waals surface area contributed by atoms with E-state index in [0.717, 1.165) is 43.2 Å². The summed E-state index contributed by atoms with van der Waals surface area (Å²) in [6.45, 7) is 9.19. The number of rotatable bonds is 8. The maximum Gasteiger partial charge on any atom is 0.222 e. The summed E-state index contributed by atoms with van der Waals surface area (Å²) in [5, 5.41) is 7.39. The Morgan fingerprint density at radius 3 is 2.76 bits per heavy atom. The summed E-state index contributed by atoms with van der Waals surface area (Å²) in [4.78, 5) is 18.7. The average molecular weight is 451 g/mol. The van der Waals surface area contributed by atoms with E-state index in [4.69, 9.17) is 4.99 Å². The van der Waals surface area contributed by atoms with Gasteiger partial charge in [-0.2, -0.15) is 5.10 Å². The fraction of sp³-hybridized carbons (Fsp3) is 0.520. The van der Waals surface area contributed by atoms with Gasteiger partial charge in [-0.3, -0.25) is 9.58 Å². The standard InChI is InChI=1S/C25H38N8/c1-7-14-31(4)20(3)23-10-8-9-11-24(30-23)32(5)17-19(2)21-12-13-26-25(27-15-21)29-22-16-28-33(6)18-22/h9-12,15-16,18-20H,7-8,13-14,17H2,1-6H3,(H,26,29). The van der Waals surface area contributed by atoms with Crippen molar-refractivity contribution in [3.63, 3.8) is 0 Å². The lowest BCUT2D eigenvalue weighted by Crippen LogP contribution is -2.33. The quantitative estimate of drug-likeness (QED) is 0.655. The molecule has 3 heterocycles. The molecule has 1 aromatic rings. The summed E-state index contributed by atoms with van der Waals surface area (Å²) in [5.74, 6) is 1.90. The zero-order chi connectivity index (χ0) is 23.8. The number of allylic oxidation sites excluding steroid dienone is 2. The van der Waals surface area contributed by atoms with E-state index in [9.17, 15) is 0 Å². The van der Waals surface area contributed by atoms with Crippen molar-refractivity contribution in [2.24, 2.45) is 27.9 Å². The van der Waals surface area contributed by atoms with Crippen LogP contribution in [0, 0.1) is 5.92 Å². The maximum atomic E-state index is 5.04. The summed E-state index contributed by atoms with van der Waals surface area (Å²) >= 11 is 0. The lowest BCUT2D eigenvalue weighted by atomic mass is 10.0. The van der Waals surface area contributed by atoms with E-state index in [1.807, 2.05) is 19.5 Å². The predicted molar refractivity (Wildman–Crippen MR) is 139 cm³/mol. The Morgan fingerprint density at radius 1 is 1.21 bits per heavy atom. The number of likely N-dealkylation sites (N-methyl/N-ethyl adjacent to an activating group) is 2. The van der Waals surface area contributed by atoms with Crippen LogP contribution in [0.1, 0.15) is 33.6 Å². The summed E-state index contributed by atoms with van der Waals surface area (Å²) in [7, 11) is 6.17. The largest absolute Gasteiger partial charge is 0.359 e. The van der Waals surface area contributed by atoms with Crippen LogP contribution in [0.2, 0.25) is 0 Å². The lowest BCUT2D eigenvalue weighted by molar-refractivity contribution is 0.285. The third kappa shape index (κ3) is 6.99. The Hall–Kier alpha value is -3.00. The van der Waals surface area contributed by atoms with Crippen molar-refractivity contribution in [3.8, 4) is 0 Å². The molecule has 0 amide bonds. The average Bonchev–Trinajstić information content (AvgIpc) is 2.99. The van der Waals surface area contributed by atoms with E-state index < -0.39 is 0 Å². The Bertz CT molecular complexity index is 978. The SMILES string of the molecule is CCCN(C)C(C)C1=CCC=CC(N(C)CC(C)C2=CCN=C(Nc3cnn(C)c3)N=C2)=N1. The van der Waals surface area contributed by atoms with Crippen LogP contribution in [0.4, 0.5) is 5.69 Å². The molecule has 0 fully saturated rings. The summed E-state index contributed by atoms with van der Waals surface area (Å²) < 4.78 is 1.75. The second kappa shape index (κ2) is 11.7. The summed E-state index contributed by atoms with van der Waals surface area (Å²) in [6, 6.07) is 0.297. The number of nitrogens with zero attached hydrogens (tertiary/aromatic N) is 7. The molecule has 1 aromatic heterocycles. The van der Waals surface area contributed by atoms with E-state index in [0.29, 0.717) is 24.5 Å². The van der Waals surface area contributed by atoms with Gasteiger partial charge in [0.15, 0.2) is 0 Å². The molecule has 0 radical (unpaired) electrons. The highest BCUT2D eigenvalue weighted by Gasteiger charge is 2.18. The molecule has 1 N–H and O–H groups in total. The third-order valence-electron chi connectivity index (χ3n) is 6.01. The molecule has 2 unspecified atom stereocenters. The van der Waals surface area contributed by atoms with E-state index in [2.05, 4.69) is 89.4 Å². The first-order valence-corrected chi connectivity index (χ1v) is 11.8. The second-order valence-corrected chi connectivity index (χ2v) is 8.83. The fourth-order valence-corrected chi connectivity index (χ4v) is 3.92. The van der Waals surface area contributed by atoms with Gasteiger partial charge in [0.25, 0.3) is 0 Å². The van der Waals surface area contributed by atoms with Gasteiger partial charge < -0.3 is 10.2 Å². The van der Waals surface area contributed by atoms with Crippen LogP contribution < -0.4 is 5.32 Å². The molecule has 33 heavy (non-hydrogen) atoms. The van der Waals surface area contributed by atoms with Crippen molar-refractivity contribution in [1.82, 2.24) is 19.6 Å². The first-order chi connectivity index (χ1) is 15.9. The molecule has 0 saturated heterocycles. The second-order valence-electron chi connectivity index (χ2n) is 8.83. The molecule has 0 aromatic carbocycles. The molecular weight excluding hydrogens is 412 g/mol. The monoisotopic (exact) mass is 450 g/mol. The van der Waals surface area contributed by atoms with E-state index in [1.165, 1.54) is 5.57 Å². The molecule has 2 aliphatic rings. The van der Waals surface area contributed by atoms with Crippen molar-refractivity contribution in [2.45, 2.75) is 39.7 Å². The van der Waals surface area contributed by atoms with Crippen molar-refractivity contribution in [2.75, 3.05) is 39.0 Å². The number of amidine groups is 1. The molecule has 178 valence electrons. The van der Waals surface area contributed by atoms with Crippen LogP contribution in [0.3, 0.4) is 0 Å². The Labute approximate surface area is 198 Å². The van der Waals surface area contributed by atoms with E-state index >= 15 is 0 Å². The number of aryl methyl sites for hydroxylation is 1. The molecule has 2 atom stereocenters. The van der Waals surface area contributed by atoms with Crippen LogP contribution in [-0.2, 0) is 7.05 Å². The van der Waals surface area contributed by atoms with Gasteiger partial charge in [-0.15, -0.1) is 0 Å². The highest BCUT2D eigenvalue weighted by molar-refractivity contribution is 6.01. The number of hydrogen-bond acceptors (Lipinski definition) is 7. The van der Waals surface area contributed by atoms with Crippen molar-refractivity contribution in [1.29, 1.82) is 0 Å². The molecule has 3 rings (SSSR count). The molecule has 0 bridgehead atoms. The molecule has 0 aliphatic carbocycles. The maximum absolute atomic E-state index is 5.04. The van der Waals surface area contributed by atoms with Crippen molar-refractivity contribution in [3.05, 3.63) is 48.0 Å². The van der Waals surface area contributed by atoms with Crippen LogP contribution >= 0.6 is 0 Å². The highest BCUT2D eigenvalue weighted by Crippen LogP contribution is 2.18. The zero-order valence-electron chi connectivity index (χ0n) is 20.9. The van der Waals surface area contributed by atoms with E-state index in [-0.39, 0.29) is 0 Å². The normalized spacial score (nSPS) is 18.0. The van der Waals surface area contributed by atoms with Crippen LogP contribution in [0.15, 0.2) is 62.9 Å². The van der Waals surface area contributed by atoms with Gasteiger partial charge in [0.05, 0.1) is 24.1 Å². The van der Waals surface area contributed by atoms with Crippen molar-refractivity contribution >= 4 is 23.7 Å². The number of aliphatic imine (C=N–C) groups is 3. The molecular formula is C25H38N8. The van der Waals surface area contributed by atoms with Crippen LogP contribution in [0.25, 0.3) is 0 Å². The lowest BCUT2D eigenvalue weighted by Gasteiger charge is -2.27. The van der Waals surface area contributed by atoms with Crippen molar-refractivity contribution < 1.29 is 0 Å². The molecule has 8 nitrogen and oxygen atoms in total. The minimum Gasteiger partial charge on any atom is -0.359 e. The molecule has 2 aliphatic heterocycles.